The van der Waals surface area contributed by atoms with Crippen LogP contribution in [0.3, 0.4) is 0 Å². The number of hydroxylamine groups is 1. The summed E-state index contributed by atoms with van der Waals surface area (Å²) in [6.45, 7) is 8.46. The zero-order valence-electron chi connectivity index (χ0n) is 6.64. The Bertz CT molecular complexity index is 49.0. The number of hydrogen-bond acceptors (Lipinski definition) is 3. The molecule has 0 saturated carbocycles. The highest BCUT2D eigenvalue weighted by atomic mass is 16.7. The molecular formula is C6H16N2O. The van der Waals surface area contributed by atoms with Crippen LogP contribution in [0.15, 0.2) is 4.99 Å². The summed E-state index contributed by atoms with van der Waals surface area (Å²) in [6.07, 6.45) is 1.51. The molecule has 1 aliphatic heterocycles. The first-order valence-corrected chi connectivity index (χ1v) is 3.36. The molecule has 0 spiro atoms. The Morgan fingerprint density at radius 1 is 1.33 bits per heavy atom. The predicted molar refractivity (Wildman–Crippen MR) is 40.3 cm³/mol. The molecule has 0 aliphatic carbocycles. The summed E-state index contributed by atoms with van der Waals surface area (Å²) in [5.41, 5.74) is 2.43. The minimum absolute atomic E-state index is 0.458. The first-order valence-electron chi connectivity index (χ1n) is 3.36. The zero-order valence-corrected chi connectivity index (χ0v) is 6.64. The molecule has 0 amide bonds. The van der Waals surface area contributed by atoms with Gasteiger partial charge in [0.25, 0.3) is 0 Å². The Hall–Kier alpha value is -0.570. The molecule has 0 saturated heterocycles. The molecule has 0 atom stereocenters. The second-order valence-corrected chi connectivity index (χ2v) is 0.703. The van der Waals surface area contributed by atoms with Gasteiger partial charge < -0.3 is 0 Å². The highest BCUT2D eigenvalue weighted by Crippen LogP contribution is 1.71. The molecule has 9 heavy (non-hydrogen) atoms. The van der Waals surface area contributed by atoms with Crippen molar-refractivity contribution in [3.63, 3.8) is 0 Å². The average molecular weight is 132 g/mol. The summed E-state index contributed by atoms with van der Waals surface area (Å²) in [5.74, 6) is 0. The lowest BCUT2D eigenvalue weighted by Gasteiger charge is -1.79. The SMILES string of the molecule is C1=NCON1.CC.CC. The molecule has 0 aromatic rings. The lowest BCUT2D eigenvalue weighted by molar-refractivity contribution is 0.117. The van der Waals surface area contributed by atoms with Crippen LogP contribution in [0.2, 0.25) is 0 Å². The molecule has 1 N–H and O–H groups in total. The average Bonchev–Trinajstić information content (AvgIpc) is 2.51. The molecule has 0 aromatic heterocycles. The third-order valence-electron chi connectivity index (χ3n) is 0.366. The van der Waals surface area contributed by atoms with E-state index in [0.29, 0.717) is 6.73 Å². The minimum Gasteiger partial charge on any atom is -0.254 e. The highest BCUT2D eigenvalue weighted by molar-refractivity contribution is 5.53. The smallest absolute Gasteiger partial charge is 0.166 e. The number of nitrogens with zero attached hydrogens (tertiary/aromatic N) is 1. The monoisotopic (exact) mass is 132 g/mol. The predicted octanol–water partition coefficient (Wildman–Crippen LogP) is 1.56. The van der Waals surface area contributed by atoms with Crippen LogP contribution in [0.25, 0.3) is 0 Å². The summed E-state index contributed by atoms with van der Waals surface area (Å²) in [6, 6.07) is 0. The summed E-state index contributed by atoms with van der Waals surface area (Å²) in [5, 5.41) is 0. The van der Waals surface area contributed by atoms with Crippen LogP contribution in [0.1, 0.15) is 27.7 Å². The van der Waals surface area contributed by atoms with E-state index < -0.39 is 0 Å². The Kier molecular flexibility index (Phi) is 19.6. The van der Waals surface area contributed by atoms with Crippen molar-refractivity contribution in [3.05, 3.63) is 0 Å². The van der Waals surface area contributed by atoms with Gasteiger partial charge in [-0.3, -0.25) is 10.3 Å². The second-order valence-electron chi connectivity index (χ2n) is 0.703. The quantitative estimate of drug-likeness (QED) is 0.542. The summed E-state index contributed by atoms with van der Waals surface area (Å²) in [7, 11) is 0. The molecule has 0 unspecified atom stereocenters. The Morgan fingerprint density at radius 3 is 2.00 bits per heavy atom. The molecule has 1 heterocycles. The molecule has 3 nitrogen and oxygen atoms in total. The van der Waals surface area contributed by atoms with Crippen molar-refractivity contribution in [1.29, 1.82) is 0 Å². The maximum Gasteiger partial charge on any atom is 0.166 e. The minimum atomic E-state index is 0.458. The number of aliphatic imine (C=N–C) groups is 1. The van der Waals surface area contributed by atoms with E-state index in [0.717, 1.165) is 0 Å². The fourth-order valence-electron chi connectivity index (χ4n) is 0.186. The van der Waals surface area contributed by atoms with Gasteiger partial charge in [-0.1, -0.05) is 27.7 Å². The van der Waals surface area contributed by atoms with Crippen molar-refractivity contribution in [2.75, 3.05) is 6.73 Å². The van der Waals surface area contributed by atoms with Crippen molar-refractivity contribution in [1.82, 2.24) is 5.48 Å². The highest BCUT2D eigenvalue weighted by Gasteiger charge is 1.81. The van der Waals surface area contributed by atoms with E-state index in [4.69, 9.17) is 0 Å². The van der Waals surface area contributed by atoms with Crippen LogP contribution in [-0.2, 0) is 4.84 Å². The molecule has 0 fully saturated rings. The van der Waals surface area contributed by atoms with E-state index in [1.807, 2.05) is 27.7 Å². The molecule has 3 heteroatoms. The van der Waals surface area contributed by atoms with Crippen molar-refractivity contribution in [2.45, 2.75) is 27.7 Å². The fraction of sp³-hybridized carbons (Fsp3) is 0.833. The Labute approximate surface area is 57.1 Å². The molecule has 56 valence electrons. The van der Waals surface area contributed by atoms with Crippen LogP contribution in [-0.4, -0.2) is 13.1 Å². The normalized spacial score (nSPS) is 12.0. The van der Waals surface area contributed by atoms with Gasteiger partial charge in [0, 0.05) is 0 Å². The van der Waals surface area contributed by atoms with Gasteiger partial charge in [-0.25, -0.2) is 4.99 Å². The van der Waals surface area contributed by atoms with E-state index >= 15 is 0 Å². The molecular weight excluding hydrogens is 116 g/mol. The molecule has 0 aromatic carbocycles. The van der Waals surface area contributed by atoms with E-state index in [-0.39, 0.29) is 0 Å². The van der Waals surface area contributed by atoms with E-state index in [9.17, 15) is 0 Å². The first kappa shape index (κ1) is 11.3. The lowest BCUT2D eigenvalue weighted by Crippen LogP contribution is -2.01. The van der Waals surface area contributed by atoms with Gasteiger partial charge in [-0.05, 0) is 0 Å². The van der Waals surface area contributed by atoms with Crippen LogP contribution >= 0.6 is 0 Å². The molecule has 1 rings (SSSR count). The lowest BCUT2D eigenvalue weighted by atomic mass is 11.0. The van der Waals surface area contributed by atoms with Crippen molar-refractivity contribution in [3.8, 4) is 0 Å². The Morgan fingerprint density at radius 2 is 1.89 bits per heavy atom. The van der Waals surface area contributed by atoms with Gasteiger partial charge in [0.05, 0.1) is 0 Å². The number of hydrogen-bond donors (Lipinski definition) is 1. The standard InChI is InChI=1S/C2H4N2O.2C2H6/c1-3-2-5-4-1;2*1-2/h1H,2H2,(H,3,4);2*1-2H3. The van der Waals surface area contributed by atoms with Crippen molar-refractivity contribution in [2.24, 2.45) is 4.99 Å². The largest absolute Gasteiger partial charge is 0.254 e. The van der Waals surface area contributed by atoms with Crippen molar-refractivity contribution < 1.29 is 4.84 Å². The van der Waals surface area contributed by atoms with Gasteiger partial charge in [-0.15, -0.1) is 0 Å². The van der Waals surface area contributed by atoms with Crippen LogP contribution < -0.4 is 5.48 Å². The second kappa shape index (κ2) is 15.7. The van der Waals surface area contributed by atoms with E-state index in [1.165, 1.54) is 6.34 Å². The molecule has 1 aliphatic rings. The van der Waals surface area contributed by atoms with Crippen molar-refractivity contribution >= 4 is 6.34 Å². The number of nitrogens with one attached hydrogen (secondary N) is 1. The van der Waals surface area contributed by atoms with Gasteiger partial charge in [0.15, 0.2) is 6.73 Å². The number of rotatable bonds is 0. The third-order valence-corrected chi connectivity index (χ3v) is 0.366. The van der Waals surface area contributed by atoms with Gasteiger partial charge in [0.2, 0.25) is 0 Å². The van der Waals surface area contributed by atoms with Gasteiger partial charge >= 0.3 is 0 Å². The maximum absolute atomic E-state index is 4.47. The van der Waals surface area contributed by atoms with Gasteiger partial charge in [0.1, 0.15) is 6.34 Å². The van der Waals surface area contributed by atoms with E-state index in [2.05, 4.69) is 15.3 Å². The topological polar surface area (TPSA) is 33.6 Å². The summed E-state index contributed by atoms with van der Waals surface area (Å²) in [4.78, 5) is 8.10. The van der Waals surface area contributed by atoms with E-state index in [1.54, 1.807) is 0 Å². The van der Waals surface area contributed by atoms with Crippen LogP contribution in [0.5, 0.6) is 0 Å². The van der Waals surface area contributed by atoms with Gasteiger partial charge in [-0.2, -0.15) is 0 Å². The maximum atomic E-state index is 4.47. The molecule has 0 radical (unpaired) electrons. The Balaban J connectivity index is 0. The third kappa shape index (κ3) is 11.2. The summed E-state index contributed by atoms with van der Waals surface area (Å²) < 4.78 is 0. The van der Waals surface area contributed by atoms with Crippen LogP contribution in [0.4, 0.5) is 0 Å². The zero-order chi connectivity index (χ0) is 7.54. The first-order chi connectivity index (χ1) is 4.50. The molecule has 0 bridgehead atoms. The fourth-order valence-corrected chi connectivity index (χ4v) is 0.186. The summed E-state index contributed by atoms with van der Waals surface area (Å²) >= 11 is 0. The van der Waals surface area contributed by atoms with Crippen LogP contribution in [0, 0.1) is 0 Å².